The van der Waals surface area contributed by atoms with E-state index in [0.717, 1.165) is 16.1 Å². The van der Waals surface area contributed by atoms with Crippen molar-refractivity contribution in [3.63, 3.8) is 0 Å². The van der Waals surface area contributed by atoms with Crippen molar-refractivity contribution in [2.45, 2.75) is 39.2 Å². The van der Waals surface area contributed by atoms with Gasteiger partial charge >= 0.3 is 0 Å². The molecule has 0 bridgehead atoms. The molecule has 1 aromatic heterocycles. The van der Waals surface area contributed by atoms with E-state index in [1.54, 1.807) is 0 Å². The number of nitrogens with two attached hydrogens (primary N) is 1. The molecular weight excluding hydrogens is 242 g/mol. The molecule has 0 aliphatic heterocycles. The lowest BCUT2D eigenvalue weighted by atomic mass is 9.89. The van der Waals surface area contributed by atoms with Crippen LogP contribution in [0.25, 0.3) is 0 Å². The first kappa shape index (κ1) is 13.2. The fraction of sp³-hybridized carbons (Fsp3) is 0.429. The molecule has 0 spiro atoms. The average molecular weight is 261 g/mol. The lowest BCUT2D eigenvalue weighted by Gasteiger charge is -2.19. The third-order valence-electron chi connectivity index (χ3n) is 2.91. The van der Waals surface area contributed by atoms with Crippen molar-refractivity contribution >= 4 is 11.5 Å². The zero-order valence-corrected chi connectivity index (χ0v) is 12.1. The van der Waals surface area contributed by atoms with Gasteiger partial charge in [-0.3, -0.25) is 0 Å². The normalized spacial score (nSPS) is 13.6. The predicted molar refractivity (Wildman–Crippen MR) is 75.8 cm³/mol. The Kier molecular flexibility index (Phi) is 3.50. The zero-order valence-electron chi connectivity index (χ0n) is 11.3. The molecule has 2 N–H and O–H groups in total. The number of nitrogens with zero attached hydrogens (tertiary/aromatic N) is 2. The molecule has 0 amide bonds. The maximum Gasteiger partial charge on any atom is 0.0860 e. The minimum absolute atomic E-state index is 0.0240. The molecule has 0 aliphatic rings. The summed E-state index contributed by atoms with van der Waals surface area (Å²) >= 11 is 1.40. The van der Waals surface area contributed by atoms with Gasteiger partial charge in [-0.2, -0.15) is 0 Å². The van der Waals surface area contributed by atoms with Gasteiger partial charge in [0.25, 0.3) is 0 Å². The van der Waals surface area contributed by atoms with E-state index in [0.29, 0.717) is 0 Å². The van der Waals surface area contributed by atoms with Crippen LogP contribution in [0.1, 0.15) is 48.5 Å². The summed E-state index contributed by atoms with van der Waals surface area (Å²) in [6, 6.07) is 8.15. The maximum absolute atomic E-state index is 6.36. The van der Waals surface area contributed by atoms with E-state index < -0.39 is 0 Å². The summed E-state index contributed by atoms with van der Waals surface area (Å²) < 4.78 is 4.07. The van der Waals surface area contributed by atoms with Gasteiger partial charge in [0.2, 0.25) is 0 Å². The number of aryl methyl sites for hydroxylation is 1. The van der Waals surface area contributed by atoms with Crippen LogP contribution in [0.5, 0.6) is 0 Å². The number of rotatable bonds is 2. The van der Waals surface area contributed by atoms with Crippen LogP contribution in [0, 0.1) is 6.92 Å². The molecule has 1 heterocycles. The van der Waals surface area contributed by atoms with Crippen LogP contribution in [0.3, 0.4) is 0 Å². The Morgan fingerprint density at radius 3 is 2.61 bits per heavy atom. The third-order valence-corrected chi connectivity index (χ3v) is 3.71. The highest BCUT2D eigenvalue weighted by molar-refractivity contribution is 7.05. The first-order valence-electron chi connectivity index (χ1n) is 6.04. The molecule has 2 rings (SSSR count). The van der Waals surface area contributed by atoms with Crippen molar-refractivity contribution in [1.29, 1.82) is 0 Å². The zero-order chi connectivity index (χ0) is 13.3. The monoisotopic (exact) mass is 261 g/mol. The van der Waals surface area contributed by atoms with Crippen molar-refractivity contribution in [1.82, 2.24) is 9.59 Å². The van der Waals surface area contributed by atoms with Crippen LogP contribution in [-0.2, 0) is 5.41 Å². The Balaban J connectivity index is 2.41. The third kappa shape index (κ3) is 2.60. The molecule has 18 heavy (non-hydrogen) atoms. The van der Waals surface area contributed by atoms with Crippen LogP contribution in [0.4, 0.5) is 0 Å². The standard InChI is InChI=1S/C14H19N3S/c1-9-6-5-7-10(8-9)11(15)12-13(14(2,3)4)16-17-18-12/h5-8,11H,15H2,1-4H3. The van der Waals surface area contributed by atoms with E-state index in [1.165, 1.54) is 17.1 Å². The Labute approximate surface area is 112 Å². The first-order chi connectivity index (χ1) is 8.39. The molecule has 2 aromatic rings. The van der Waals surface area contributed by atoms with Gasteiger partial charge in [-0.25, -0.2) is 0 Å². The Hall–Kier alpha value is -1.26. The van der Waals surface area contributed by atoms with E-state index in [2.05, 4.69) is 55.5 Å². The van der Waals surface area contributed by atoms with Crippen molar-refractivity contribution in [2.24, 2.45) is 5.73 Å². The predicted octanol–water partition coefficient (Wildman–Crippen LogP) is 3.19. The van der Waals surface area contributed by atoms with E-state index in [-0.39, 0.29) is 11.5 Å². The van der Waals surface area contributed by atoms with E-state index in [1.807, 2.05) is 6.07 Å². The second kappa shape index (κ2) is 4.78. The van der Waals surface area contributed by atoms with Gasteiger partial charge in [0, 0.05) is 5.41 Å². The van der Waals surface area contributed by atoms with Crippen LogP contribution in [0.2, 0.25) is 0 Å². The largest absolute Gasteiger partial charge is 0.319 e. The second-order valence-corrected chi connectivity index (χ2v) is 6.41. The van der Waals surface area contributed by atoms with E-state index >= 15 is 0 Å². The highest BCUT2D eigenvalue weighted by atomic mass is 32.1. The van der Waals surface area contributed by atoms with Crippen LogP contribution in [-0.4, -0.2) is 9.59 Å². The fourth-order valence-electron chi connectivity index (χ4n) is 1.94. The summed E-state index contributed by atoms with van der Waals surface area (Å²) in [6.45, 7) is 8.48. The molecule has 1 aromatic carbocycles. The number of aromatic nitrogens is 2. The topological polar surface area (TPSA) is 51.8 Å². The molecule has 4 heteroatoms. The summed E-state index contributed by atoms with van der Waals surface area (Å²) in [4.78, 5) is 1.06. The van der Waals surface area contributed by atoms with E-state index in [4.69, 9.17) is 5.73 Å². The molecule has 0 fully saturated rings. The summed E-state index contributed by atoms with van der Waals surface area (Å²) in [5.74, 6) is 0. The van der Waals surface area contributed by atoms with Gasteiger partial charge in [-0.15, -0.1) is 5.10 Å². The maximum atomic E-state index is 6.36. The minimum Gasteiger partial charge on any atom is -0.319 e. The molecule has 1 unspecified atom stereocenters. The summed E-state index contributed by atoms with van der Waals surface area (Å²) in [5.41, 5.74) is 9.67. The molecule has 0 saturated carbocycles. The lowest BCUT2D eigenvalue weighted by molar-refractivity contribution is 0.556. The van der Waals surface area contributed by atoms with Crippen LogP contribution < -0.4 is 5.73 Å². The molecule has 3 nitrogen and oxygen atoms in total. The van der Waals surface area contributed by atoms with Crippen molar-refractivity contribution in [2.75, 3.05) is 0 Å². The van der Waals surface area contributed by atoms with Gasteiger partial charge in [-0.1, -0.05) is 55.1 Å². The van der Waals surface area contributed by atoms with Gasteiger partial charge in [0.1, 0.15) is 0 Å². The summed E-state index contributed by atoms with van der Waals surface area (Å²) in [5, 5.41) is 4.24. The Morgan fingerprint density at radius 2 is 2.00 bits per heavy atom. The molecule has 1 atom stereocenters. The van der Waals surface area contributed by atoms with Gasteiger partial charge < -0.3 is 5.73 Å². The molecule has 0 saturated heterocycles. The van der Waals surface area contributed by atoms with Gasteiger partial charge in [0.15, 0.2) is 0 Å². The van der Waals surface area contributed by atoms with Crippen molar-refractivity contribution in [3.8, 4) is 0 Å². The molecule has 0 aliphatic carbocycles. The fourth-order valence-corrected chi connectivity index (χ4v) is 2.83. The van der Waals surface area contributed by atoms with Crippen LogP contribution in [0.15, 0.2) is 24.3 Å². The first-order valence-corrected chi connectivity index (χ1v) is 6.82. The molecule has 96 valence electrons. The SMILES string of the molecule is Cc1cccc(C(N)c2snnc2C(C)(C)C)c1. The highest BCUT2D eigenvalue weighted by Crippen LogP contribution is 2.32. The Bertz CT molecular complexity index is 540. The number of benzene rings is 1. The smallest absolute Gasteiger partial charge is 0.0860 e. The van der Waals surface area contributed by atoms with Gasteiger partial charge in [-0.05, 0) is 24.0 Å². The highest BCUT2D eigenvalue weighted by Gasteiger charge is 2.26. The Morgan fingerprint density at radius 1 is 1.28 bits per heavy atom. The van der Waals surface area contributed by atoms with E-state index in [9.17, 15) is 0 Å². The molecule has 0 radical (unpaired) electrons. The molecular formula is C14H19N3S. The average Bonchev–Trinajstić information content (AvgIpc) is 2.76. The lowest BCUT2D eigenvalue weighted by Crippen LogP contribution is -2.19. The summed E-state index contributed by atoms with van der Waals surface area (Å²) in [7, 11) is 0. The summed E-state index contributed by atoms with van der Waals surface area (Å²) in [6.07, 6.45) is 0. The van der Waals surface area contributed by atoms with Crippen molar-refractivity contribution < 1.29 is 0 Å². The quantitative estimate of drug-likeness (QED) is 0.903. The minimum atomic E-state index is -0.140. The number of hydrogen-bond donors (Lipinski definition) is 1. The number of hydrogen-bond acceptors (Lipinski definition) is 4. The van der Waals surface area contributed by atoms with Gasteiger partial charge in [0.05, 0.1) is 16.6 Å². The van der Waals surface area contributed by atoms with Crippen LogP contribution >= 0.6 is 11.5 Å². The van der Waals surface area contributed by atoms with Crippen molar-refractivity contribution in [3.05, 3.63) is 46.0 Å². The second-order valence-electron chi connectivity index (χ2n) is 5.63.